The van der Waals surface area contributed by atoms with Crippen LogP contribution in [0.4, 0.5) is 0 Å². The third-order valence-corrected chi connectivity index (χ3v) is 3.85. The first-order valence-electron chi connectivity index (χ1n) is 7.39. The summed E-state index contributed by atoms with van der Waals surface area (Å²) in [7, 11) is 0. The Labute approximate surface area is 129 Å². The standard InChI is InChI=1S/C16H21N3O3/c1-11-5-7-13(8-6-11)15(21)17-18-16(22)14-4-3-9-19(10-14)12(2)20/h5-8,14H,3-4,9-10H2,1-2H3,(H,17,21)(H,18,22)/t14-/m1/s1. The van der Waals surface area contributed by atoms with Crippen molar-refractivity contribution in [2.24, 2.45) is 5.92 Å². The summed E-state index contributed by atoms with van der Waals surface area (Å²) in [5.41, 5.74) is 6.41. The molecule has 1 atom stereocenters. The molecule has 0 unspecified atom stereocenters. The Morgan fingerprint density at radius 3 is 2.45 bits per heavy atom. The third kappa shape index (κ3) is 4.07. The lowest BCUT2D eigenvalue weighted by Crippen LogP contribution is -2.49. The van der Waals surface area contributed by atoms with Gasteiger partial charge < -0.3 is 4.90 Å². The smallest absolute Gasteiger partial charge is 0.269 e. The fraction of sp³-hybridized carbons (Fsp3) is 0.438. The fourth-order valence-corrected chi connectivity index (χ4v) is 2.47. The number of aryl methyl sites for hydroxylation is 1. The van der Waals surface area contributed by atoms with E-state index in [-0.39, 0.29) is 23.6 Å². The fourth-order valence-electron chi connectivity index (χ4n) is 2.47. The quantitative estimate of drug-likeness (QED) is 0.801. The topological polar surface area (TPSA) is 78.5 Å². The second kappa shape index (κ2) is 7.06. The van der Waals surface area contributed by atoms with E-state index in [1.807, 2.05) is 19.1 Å². The van der Waals surface area contributed by atoms with E-state index in [2.05, 4.69) is 10.9 Å². The summed E-state index contributed by atoms with van der Waals surface area (Å²) in [6, 6.07) is 7.08. The van der Waals surface area contributed by atoms with E-state index in [4.69, 9.17) is 0 Å². The van der Waals surface area contributed by atoms with Gasteiger partial charge >= 0.3 is 0 Å². The van der Waals surface area contributed by atoms with Gasteiger partial charge in [-0.1, -0.05) is 17.7 Å². The van der Waals surface area contributed by atoms with Gasteiger partial charge in [-0.2, -0.15) is 0 Å². The second-order valence-electron chi connectivity index (χ2n) is 5.61. The zero-order chi connectivity index (χ0) is 16.1. The van der Waals surface area contributed by atoms with E-state index in [9.17, 15) is 14.4 Å². The Bertz CT molecular complexity index is 569. The molecular weight excluding hydrogens is 282 g/mol. The maximum atomic E-state index is 12.1. The van der Waals surface area contributed by atoms with Gasteiger partial charge in [-0.15, -0.1) is 0 Å². The average molecular weight is 303 g/mol. The Hall–Kier alpha value is -2.37. The number of nitrogens with zero attached hydrogens (tertiary/aromatic N) is 1. The molecule has 2 N–H and O–H groups in total. The van der Waals surface area contributed by atoms with Crippen LogP contribution in [-0.2, 0) is 9.59 Å². The van der Waals surface area contributed by atoms with Gasteiger partial charge in [-0.05, 0) is 31.9 Å². The molecule has 1 aromatic rings. The average Bonchev–Trinajstić information content (AvgIpc) is 2.53. The molecule has 2 rings (SSSR count). The van der Waals surface area contributed by atoms with Crippen LogP contribution in [-0.4, -0.2) is 35.7 Å². The minimum Gasteiger partial charge on any atom is -0.342 e. The van der Waals surface area contributed by atoms with Crippen LogP contribution < -0.4 is 10.9 Å². The van der Waals surface area contributed by atoms with Crippen molar-refractivity contribution in [3.05, 3.63) is 35.4 Å². The minimum absolute atomic E-state index is 0.0267. The molecule has 0 aliphatic carbocycles. The number of likely N-dealkylation sites (tertiary alicyclic amines) is 1. The molecule has 1 aliphatic rings. The first kappa shape index (κ1) is 16.0. The third-order valence-electron chi connectivity index (χ3n) is 3.85. The molecule has 0 spiro atoms. The van der Waals surface area contributed by atoms with Crippen LogP contribution in [0.15, 0.2) is 24.3 Å². The molecule has 1 aromatic carbocycles. The van der Waals surface area contributed by atoms with Gasteiger partial charge in [0.25, 0.3) is 5.91 Å². The summed E-state index contributed by atoms with van der Waals surface area (Å²) in [4.78, 5) is 37.1. The number of nitrogens with one attached hydrogen (secondary N) is 2. The van der Waals surface area contributed by atoms with Crippen molar-refractivity contribution in [2.75, 3.05) is 13.1 Å². The molecule has 6 heteroatoms. The molecule has 1 aliphatic heterocycles. The van der Waals surface area contributed by atoms with Gasteiger partial charge in [0, 0.05) is 25.6 Å². The number of carbonyl (C=O) groups is 3. The normalized spacial score (nSPS) is 17.7. The van der Waals surface area contributed by atoms with E-state index in [0.717, 1.165) is 18.4 Å². The van der Waals surface area contributed by atoms with Crippen LogP contribution in [0.3, 0.4) is 0 Å². The molecule has 0 aromatic heterocycles. The van der Waals surface area contributed by atoms with Crippen LogP contribution in [0, 0.1) is 12.8 Å². The van der Waals surface area contributed by atoms with Crippen LogP contribution in [0.5, 0.6) is 0 Å². The van der Waals surface area contributed by atoms with Gasteiger partial charge in [-0.3, -0.25) is 25.2 Å². The molecular formula is C16H21N3O3. The maximum Gasteiger partial charge on any atom is 0.269 e. The largest absolute Gasteiger partial charge is 0.342 e. The molecule has 0 radical (unpaired) electrons. The Balaban J connectivity index is 1.85. The highest BCUT2D eigenvalue weighted by atomic mass is 16.2. The highest BCUT2D eigenvalue weighted by Gasteiger charge is 2.27. The number of piperidine rings is 1. The van der Waals surface area contributed by atoms with E-state index < -0.39 is 0 Å². The van der Waals surface area contributed by atoms with Gasteiger partial charge in [-0.25, -0.2) is 0 Å². The molecule has 1 saturated heterocycles. The summed E-state index contributed by atoms with van der Waals surface area (Å²) in [5.74, 6) is -0.920. The molecule has 0 bridgehead atoms. The highest BCUT2D eigenvalue weighted by Crippen LogP contribution is 2.16. The minimum atomic E-state index is -0.354. The Kier molecular flexibility index (Phi) is 5.14. The number of carbonyl (C=O) groups excluding carboxylic acids is 3. The van der Waals surface area contributed by atoms with Crippen molar-refractivity contribution in [3.8, 4) is 0 Å². The maximum absolute atomic E-state index is 12.1. The molecule has 6 nitrogen and oxygen atoms in total. The van der Waals surface area contributed by atoms with Crippen molar-refractivity contribution in [1.82, 2.24) is 15.8 Å². The molecule has 1 fully saturated rings. The van der Waals surface area contributed by atoms with E-state index in [1.54, 1.807) is 17.0 Å². The van der Waals surface area contributed by atoms with Gasteiger partial charge in [0.2, 0.25) is 11.8 Å². The van der Waals surface area contributed by atoms with Crippen LogP contribution >= 0.6 is 0 Å². The first-order chi connectivity index (χ1) is 10.5. The second-order valence-corrected chi connectivity index (χ2v) is 5.61. The highest BCUT2D eigenvalue weighted by molar-refractivity contribution is 5.95. The lowest BCUT2D eigenvalue weighted by molar-refractivity contribution is -0.134. The Morgan fingerprint density at radius 2 is 1.82 bits per heavy atom. The van der Waals surface area contributed by atoms with Crippen LogP contribution in [0.2, 0.25) is 0 Å². The molecule has 22 heavy (non-hydrogen) atoms. The Morgan fingerprint density at radius 1 is 1.14 bits per heavy atom. The number of hydrogen-bond donors (Lipinski definition) is 2. The summed E-state index contributed by atoms with van der Waals surface area (Å²) >= 11 is 0. The van der Waals surface area contributed by atoms with E-state index in [1.165, 1.54) is 6.92 Å². The van der Waals surface area contributed by atoms with E-state index in [0.29, 0.717) is 18.7 Å². The van der Waals surface area contributed by atoms with Crippen LogP contribution in [0.25, 0.3) is 0 Å². The van der Waals surface area contributed by atoms with Crippen molar-refractivity contribution in [2.45, 2.75) is 26.7 Å². The molecule has 0 saturated carbocycles. The monoisotopic (exact) mass is 303 g/mol. The van der Waals surface area contributed by atoms with Crippen molar-refractivity contribution < 1.29 is 14.4 Å². The summed E-state index contributed by atoms with van der Waals surface area (Å²) < 4.78 is 0. The SMILES string of the molecule is CC(=O)N1CCC[C@@H](C(=O)NNC(=O)c2ccc(C)cc2)C1. The molecule has 1 heterocycles. The molecule has 3 amide bonds. The van der Waals surface area contributed by atoms with Crippen molar-refractivity contribution in [3.63, 3.8) is 0 Å². The van der Waals surface area contributed by atoms with Crippen molar-refractivity contribution >= 4 is 17.7 Å². The first-order valence-corrected chi connectivity index (χ1v) is 7.39. The van der Waals surface area contributed by atoms with Crippen LogP contribution in [0.1, 0.15) is 35.7 Å². The zero-order valence-electron chi connectivity index (χ0n) is 12.9. The van der Waals surface area contributed by atoms with Gasteiger partial charge in [0.1, 0.15) is 0 Å². The number of amides is 3. The number of hydrazine groups is 1. The van der Waals surface area contributed by atoms with Crippen molar-refractivity contribution in [1.29, 1.82) is 0 Å². The van der Waals surface area contributed by atoms with E-state index >= 15 is 0 Å². The number of hydrogen-bond acceptors (Lipinski definition) is 3. The van der Waals surface area contributed by atoms with Gasteiger partial charge in [0.15, 0.2) is 0 Å². The molecule has 118 valence electrons. The summed E-state index contributed by atoms with van der Waals surface area (Å²) in [6.45, 7) is 4.53. The lowest BCUT2D eigenvalue weighted by atomic mass is 9.97. The summed E-state index contributed by atoms with van der Waals surface area (Å²) in [5, 5.41) is 0. The zero-order valence-corrected chi connectivity index (χ0v) is 12.9. The number of rotatable bonds is 2. The predicted molar refractivity (Wildman–Crippen MR) is 81.8 cm³/mol. The summed E-state index contributed by atoms with van der Waals surface area (Å²) in [6.07, 6.45) is 1.51. The predicted octanol–water partition coefficient (Wildman–Crippen LogP) is 1.01. The van der Waals surface area contributed by atoms with Gasteiger partial charge in [0.05, 0.1) is 5.92 Å². The lowest BCUT2D eigenvalue weighted by Gasteiger charge is -2.31. The number of benzene rings is 1.